The Balaban J connectivity index is 0.00000600. The lowest BCUT2D eigenvalue weighted by Crippen LogP contribution is -2.02. The molecule has 0 unspecified atom stereocenters. The summed E-state index contributed by atoms with van der Waals surface area (Å²) in [6, 6.07) is 7.83. The molecule has 252 valence electrons. The van der Waals surface area contributed by atoms with Crippen molar-refractivity contribution in [1.29, 1.82) is 0 Å². The van der Waals surface area contributed by atoms with Gasteiger partial charge in [0.2, 0.25) is 0 Å². The molecule has 18 nitrogen and oxygen atoms in total. The molecule has 47 heavy (non-hydrogen) atoms. The van der Waals surface area contributed by atoms with E-state index in [0.717, 1.165) is 24.3 Å². The lowest BCUT2D eigenvalue weighted by molar-refractivity contribution is 0.458. The zero-order chi connectivity index (χ0) is 34.6. The topological polar surface area (TPSA) is 307 Å². The van der Waals surface area contributed by atoms with Gasteiger partial charge < -0.3 is 10.2 Å². The van der Waals surface area contributed by atoms with Gasteiger partial charge in [0.25, 0.3) is 40.5 Å². The SMILES string of the molecule is C.Cc1ccc(N=Nc2c(S(=O)(=O)O)cc3cc(S(=O)(=O)O)c(N=Nc4ccc(C)cc4S(=O)(=O)O)c(O)c3c2O)c(S(=O)(=O)O)c1. The van der Waals surface area contributed by atoms with Gasteiger partial charge in [0.05, 0.1) is 5.39 Å². The summed E-state index contributed by atoms with van der Waals surface area (Å²) in [5, 5.41) is 34.8. The molecule has 22 heteroatoms. The molecule has 0 amide bonds. The number of hydrogen-bond acceptors (Lipinski definition) is 14. The van der Waals surface area contributed by atoms with Crippen LogP contribution >= 0.6 is 0 Å². The first-order chi connectivity index (χ1) is 21.0. The molecule has 0 radical (unpaired) electrons. The Morgan fingerprint density at radius 2 is 0.809 bits per heavy atom. The Hall–Kier alpha value is -4.42. The smallest absolute Gasteiger partial charge is 0.296 e. The molecule has 0 atom stereocenters. The summed E-state index contributed by atoms with van der Waals surface area (Å²) in [5.74, 6) is -2.58. The van der Waals surface area contributed by atoms with Crippen LogP contribution in [0, 0.1) is 13.8 Å². The third-order valence-electron chi connectivity index (χ3n) is 6.11. The number of aromatic hydroxyl groups is 2. The summed E-state index contributed by atoms with van der Waals surface area (Å²) >= 11 is 0. The Kier molecular flexibility index (Phi) is 9.97. The maximum atomic E-state index is 12.2. The fraction of sp³-hybridized carbons (Fsp3) is 0.120. The Bertz CT molecular complexity index is 2290. The standard InChI is InChI=1S/C24H20N4O14S4.CH4/c1-11-3-5-14(16(7-11)43(31,32)33)25-27-21-18(45(37,38)39)9-13-10-19(46(40,41)42)22(24(30)20(13)23(21)29)28-26-15-6-4-12(2)8-17(15)44(34,35)36;/h3-10,29-30H,1-2H3,(H,31,32,33)(H,34,35,36)(H,37,38,39)(H,40,41,42);1H4. The molecule has 0 fully saturated rings. The van der Waals surface area contributed by atoms with E-state index in [1.54, 1.807) is 0 Å². The summed E-state index contributed by atoms with van der Waals surface area (Å²) in [5.41, 5.74) is -2.61. The van der Waals surface area contributed by atoms with Crippen LogP contribution in [0.5, 0.6) is 11.5 Å². The minimum absolute atomic E-state index is 0. The van der Waals surface area contributed by atoms with Crippen molar-refractivity contribution in [3.05, 3.63) is 59.7 Å². The van der Waals surface area contributed by atoms with E-state index in [-0.39, 0.29) is 7.43 Å². The molecule has 0 saturated heterocycles. The minimum Gasteiger partial charge on any atom is -0.505 e. The molecular formula is C25H24N4O14S4. The molecular weight excluding hydrogens is 709 g/mol. The molecule has 0 spiro atoms. The summed E-state index contributed by atoms with van der Waals surface area (Å²) in [7, 11) is -20.5. The van der Waals surface area contributed by atoms with Crippen molar-refractivity contribution < 1.29 is 62.1 Å². The number of phenolic OH excluding ortho intramolecular Hbond substituents is 2. The average molecular weight is 733 g/mol. The van der Waals surface area contributed by atoms with E-state index < -0.39 is 105 Å². The molecule has 0 saturated carbocycles. The largest absolute Gasteiger partial charge is 0.505 e. The van der Waals surface area contributed by atoms with Gasteiger partial charge in [-0.15, -0.1) is 20.5 Å². The van der Waals surface area contributed by atoms with Crippen molar-refractivity contribution >= 4 is 74.0 Å². The summed E-state index contributed by atoms with van der Waals surface area (Å²) in [6.45, 7) is 2.95. The van der Waals surface area contributed by atoms with Crippen molar-refractivity contribution in [2.45, 2.75) is 40.9 Å². The summed E-state index contributed by atoms with van der Waals surface area (Å²) < 4.78 is 135. The summed E-state index contributed by atoms with van der Waals surface area (Å²) in [4.78, 5) is -3.99. The maximum Gasteiger partial charge on any atom is 0.296 e. The van der Waals surface area contributed by atoms with Crippen LogP contribution in [0.15, 0.2) is 88.6 Å². The Labute approximate surface area is 267 Å². The van der Waals surface area contributed by atoms with E-state index in [1.807, 2.05) is 0 Å². The zero-order valence-corrected chi connectivity index (χ0v) is 26.3. The van der Waals surface area contributed by atoms with E-state index in [9.17, 15) is 62.1 Å². The lowest BCUT2D eigenvalue weighted by Gasteiger charge is -2.13. The molecule has 6 N–H and O–H groups in total. The highest BCUT2D eigenvalue weighted by molar-refractivity contribution is 7.86. The van der Waals surface area contributed by atoms with Gasteiger partial charge in [0.1, 0.15) is 42.3 Å². The van der Waals surface area contributed by atoms with Crippen LogP contribution in [0.3, 0.4) is 0 Å². The van der Waals surface area contributed by atoms with Crippen LogP contribution < -0.4 is 0 Å². The van der Waals surface area contributed by atoms with Gasteiger partial charge in [-0.1, -0.05) is 19.6 Å². The monoisotopic (exact) mass is 732 g/mol. The number of phenols is 2. The minimum atomic E-state index is -5.33. The van der Waals surface area contributed by atoms with Crippen molar-refractivity contribution in [3.63, 3.8) is 0 Å². The van der Waals surface area contributed by atoms with Gasteiger partial charge in [0, 0.05) is 0 Å². The molecule has 0 bridgehead atoms. The molecule has 0 aliphatic rings. The highest BCUT2D eigenvalue weighted by Gasteiger charge is 2.29. The fourth-order valence-corrected chi connectivity index (χ4v) is 6.81. The van der Waals surface area contributed by atoms with Gasteiger partial charge in [-0.3, -0.25) is 18.2 Å². The van der Waals surface area contributed by atoms with Crippen LogP contribution in [0.4, 0.5) is 22.7 Å². The second-order valence-corrected chi connectivity index (χ2v) is 15.0. The lowest BCUT2D eigenvalue weighted by atomic mass is 10.1. The van der Waals surface area contributed by atoms with Crippen LogP contribution in [-0.2, 0) is 40.5 Å². The van der Waals surface area contributed by atoms with Crippen molar-refractivity contribution in [2.24, 2.45) is 20.5 Å². The van der Waals surface area contributed by atoms with Gasteiger partial charge in [-0.25, -0.2) is 0 Å². The van der Waals surface area contributed by atoms with Crippen LogP contribution in [0.2, 0.25) is 0 Å². The highest BCUT2D eigenvalue weighted by atomic mass is 32.2. The van der Waals surface area contributed by atoms with E-state index in [4.69, 9.17) is 0 Å². The number of hydrogen-bond donors (Lipinski definition) is 6. The molecule has 4 rings (SSSR count). The average Bonchev–Trinajstić information content (AvgIpc) is 2.90. The first-order valence-corrected chi connectivity index (χ1v) is 17.8. The predicted octanol–water partition coefficient (Wildman–Crippen LogP) is 5.32. The van der Waals surface area contributed by atoms with Crippen molar-refractivity contribution in [3.8, 4) is 11.5 Å². The molecule has 4 aromatic carbocycles. The fourth-order valence-electron chi connectivity index (χ4n) is 4.08. The first-order valence-electron chi connectivity index (χ1n) is 12.0. The quantitative estimate of drug-likeness (QED) is 0.0986. The number of rotatable bonds is 8. The van der Waals surface area contributed by atoms with Gasteiger partial charge >= 0.3 is 0 Å². The molecule has 0 aliphatic heterocycles. The zero-order valence-electron chi connectivity index (χ0n) is 23.0. The molecule has 0 aromatic heterocycles. The highest BCUT2D eigenvalue weighted by Crippen LogP contribution is 2.50. The number of nitrogens with zero attached hydrogens (tertiary/aromatic N) is 4. The van der Waals surface area contributed by atoms with Gasteiger partial charge in [0.15, 0.2) is 11.5 Å². The van der Waals surface area contributed by atoms with E-state index >= 15 is 0 Å². The van der Waals surface area contributed by atoms with Crippen LogP contribution in [0.1, 0.15) is 18.6 Å². The molecule has 4 aromatic rings. The first kappa shape index (κ1) is 37.0. The van der Waals surface area contributed by atoms with Gasteiger partial charge in [-0.2, -0.15) is 33.7 Å². The van der Waals surface area contributed by atoms with Crippen molar-refractivity contribution in [2.75, 3.05) is 0 Å². The molecule has 0 aliphatic carbocycles. The number of azo groups is 2. The van der Waals surface area contributed by atoms with Crippen LogP contribution in [0.25, 0.3) is 10.8 Å². The third kappa shape index (κ3) is 7.77. The van der Waals surface area contributed by atoms with Crippen LogP contribution in [-0.4, -0.2) is 62.1 Å². The number of benzene rings is 4. The predicted molar refractivity (Wildman–Crippen MR) is 164 cm³/mol. The van der Waals surface area contributed by atoms with Crippen molar-refractivity contribution in [1.82, 2.24) is 0 Å². The van der Waals surface area contributed by atoms with E-state index in [0.29, 0.717) is 23.3 Å². The summed E-state index contributed by atoms with van der Waals surface area (Å²) in [6.07, 6.45) is 0. The second kappa shape index (κ2) is 12.6. The van der Waals surface area contributed by atoms with E-state index in [2.05, 4.69) is 20.5 Å². The number of fused-ring (bicyclic) bond motifs is 1. The van der Waals surface area contributed by atoms with E-state index in [1.165, 1.54) is 26.0 Å². The third-order valence-corrected chi connectivity index (χ3v) is 9.61. The number of aryl methyl sites for hydroxylation is 2. The second-order valence-electron chi connectivity index (χ2n) is 9.48. The van der Waals surface area contributed by atoms with Gasteiger partial charge in [-0.05, 0) is 66.8 Å². The Morgan fingerprint density at radius 3 is 1.11 bits per heavy atom. The maximum absolute atomic E-state index is 12.2. The molecule has 0 heterocycles. The normalized spacial score (nSPS) is 13.0. The Morgan fingerprint density at radius 1 is 0.489 bits per heavy atom.